The minimum Gasteiger partial charge on any atom is -0.478 e. The van der Waals surface area contributed by atoms with E-state index in [1.807, 2.05) is 13.0 Å². The van der Waals surface area contributed by atoms with Gasteiger partial charge in [-0.3, -0.25) is 4.90 Å². The Labute approximate surface area is 114 Å². The van der Waals surface area contributed by atoms with Gasteiger partial charge in [-0.05, 0) is 57.5 Å². The number of rotatable bonds is 6. The van der Waals surface area contributed by atoms with Crippen LogP contribution in [0.25, 0.3) is 0 Å². The topological polar surface area (TPSA) is 52.6 Å². The first-order chi connectivity index (χ1) is 8.99. The number of aromatic carboxylic acids is 1. The molecule has 1 aliphatic rings. The summed E-state index contributed by atoms with van der Waals surface area (Å²) in [6, 6.07) is 6.44. The van der Waals surface area contributed by atoms with Gasteiger partial charge in [0.05, 0.1) is 5.56 Å². The molecule has 1 atom stereocenters. The Morgan fingerprint density at radius 2 is 2.21 bits per heavy atom. The summed E-state index contributed by atoms with van der Waals surface area (Å²) in [4.78, 5) is 13.3. The summed E-state index contributed by atoms with van der Waals surface area (Å²) in [5.74, 6) is -0.878. The van der Waals surface area contributed by atoms with Gasteiger partial charge in [-0.2, -0.15) is 0 Å². The van der Waals surface area contributed by atoms with Crippen molar-refractivity contribution in [2.45, 2.75) is 38.8 Å². The molecule has 1 saturated carbocycles. The average molecular weight is 262 g/mol. The third-order valence-corrected chi connectivity index (χ3v) is 3.88. The lowest BCUT2D eigenvalue weighted by atomic mass is 10.1. The number of carbonyl (C=O) groups is 1. The van der Waals surface area contributed by atoms with E-state index >= 15 is 0 Å². The number of aryl methyl sites for hydroxylation is 1. The Hall–Kier alpha value is -1.55. The molecule has 2 rings (SSSR count). The quantitative estimate of drug-likeness (QED) is 0.827. The summed E-state index contributed by atoms with van der Waals surface area (Å²) in [5, 5.41) is 12.3. The molecule has 1 fully saturated rings. The number of carboxylic acids is 1. The molecule has 1 unspecified atom stereocenters. The van der Waals surface area contributed by atoms with Crippen LogP contribution in [0.5, 0.6) is 0 Å². The molecular weight excluding hydrogens is 240 g/mol. The Bertz CT molecular complexity index is 469. The molecule has 0 amide bonds. The monoisotopic (exact) mass is 262 g/mol. The van der Waals surface area contributed by atoms with Crippen molar-refractivity contribution >= 4 is 11.7 Å². The number of hydrogen-bond donors (Lipinski definition) is 2. The predicted octanol–water partition coefficient (Wildman–Crippen LogP) is 2.59. The van der Waals surface area contributed by atoms with Crippen LogP contribution in [0.15, 0.2) is 18.2 Å². The molecule has 2 N–H and O–H groups in total. The van der Waals surface area contributed by atoms with Gasteiger partial charge in [-0.15, -0.1) is 0 Å². The van der Waals surface area contributed by atoms with E-state index in [0.717, 1.165) is 23.8 Å². The number of carboxylic acid groups (broad SMARTS) is 1. The summed E-state index contributed by atoms with van der Waals surface area (Å²) in [5.41, 5.74) is 2.33. The first-order valence-electron chi connectivity index (χ1n) is 6.79. The molecule has 4 heteroatoms. The van der Waals surface area contributed by atoms with Gasteiger partial charge >= 0.3 is 5.97 Å². The molecule has 19 heavy (non-hydrogen) atoms. The fourth-order valence-electron chi connectivity index (χ4n) is 2.24. The second-order valence-electron chi connectivity index (χ2n) is 5.46. The maximum Gasteiger partial charge on any atom is 0.335 e. The van der Waals surface area contributed by atoms with E-state index in [-0.39, 0.29) is 0 Å². The number of benzene rings is 1. The second kappa shape index (κ2) is 5.61. The van der Waals surface area contributed by atoms with Crippen LogP contribution in [-0.4, -0.2) is 41.7 Å². The fraction of sp³-hybridized carbons (Fsp3) is 0.533. The first kappa shape index (κ1) is 13.9. The van der Waals surface area contributed by atoms with Crippen molar-refractivity contribution in [2.75, 3.05) is 18.9 Å². The van der Waals surface area contributed by atoms with Crippen LogP contribution < -0.4 is 5.32 Å². The van der Waals surface area contributed by atoms with Crippen LogP contribution in [0.3, 0.4) is 0 Å². The van der Waals surface area contributed by atoms with E-state index in [1.54, 1.807) is 12.1 Å². The number of nitrogens with zero attached hydrogens (tertiary/aromatic N) is 1. The first-order valence-corrected chi connectivity index (χ1v) is 6.79. The molecule has 1 aromatic carbocycles. The van der Waals surface area contributed by atoms with E-state index in [1.165, 1.54) is 12.8 Å². The van der Waals surface area contributed by atoms with E-state index < -0.39 is 5.97 Å². The van der Waals surface area contributed by atoms with Crippen molar-refractivity contribution < 1.29 is 9.90 Å². The highest BCUT2D eigenvalue weighted by molar-refractivity contribution is 5.88. The Kier molecular flexibility index (Phi) is 4.10. The second-order valence-corrected chi connectivity index (χ2v) is 5.46. The van der Waals surface area contributed by atoms with Crippen molar-refractivity contribution in [3.05, 3.63) is 29.3 Å². The van der Waals surface area contributed by atoms with Gasteiger partial charge in [-0.25, -0.2) is 4.79 Å². The van der Waals surface area contributed by atoms with Gasteiger partial charge in [0, 0.05) is 24.3 Å². The number of hydrogen-bond acceptors (Lipinski definition) is 3. The molecule has 0 aromatic heterocycles. The molecule has 4 nitrogen and oxygen atoms in total. The van der Waals surface area contributed by atoms with Crippen molar-refractivity contribution in [1.82, 2.24) is 4.90 Å². The summed E-state index contributed by atoms with van der Waals surface area (Å²) in [6.45, 7) is 5.02. The van der Waals surface area contributed by atoms with Crippen molar-refractivity contribution in [1.29, 1.82) is 0 Å². The van der Waals surface area contributed by atoms with Crippen molar-refractivity contribution in [3.8, 4) is 0 Å². The van der Waals surface area contributed by atoms with E-state index in [4.69, 9.17) is 5.11 Å². The molecular formula is C15H22N2O2. The molecule has 0 spiro atoms. The van der Waals surface area contributed by atoms with Crippen LogP contribution >= 0.6 is 0 Å². The Balaban J connectivity index is 1.93. The maximum absolute atomic E-state index is 10.9. The highest BCUT2D eigenvalue weighted by atomic mass is 16.4. The summed E-state index contributed by atoms with van der Waals surface area (Å²) < 4.78 is 0. The largest absolute Gasteiger partial charge is 0.478 e. The normalized spacial score (nSPS) is 16.4. The van der Waals surface area contributed by atoms with Gasteiger partial charge in [0.2, 0.25) is 0 Å². The summed E-state index contributed by atoms with van der Waals surface area (Å²) >= 11 is 0. The molecule has 0 radical (unpaired) electrons. The van der Waals surface area contributed by atoms with Crippen molar-refractivity contribution in [2.24, 2.45) is 0 Å². The molecule has 1 aliphatic carbocycles. The van der Waals surface area contributed by atoms with E-state index in [9.17, 15) is 4.79 Å². The van der Waals surface area contributed by atoms with Crippen LogP contribution in [0, 0.1) is 6.92 Å². The molecule has 104 valence electrons. The SMILES string of the molecule is Cc1cc(C(=O)O)ccc1NCC(C)N(C)C1CC1. The van der Waals surface area contributed by atoms with Crippen LogP contribution in [0.1, 0.15) is 35.7 Å². The standard InChI is InChI=1S/C15H22N2O2/c1-10-8-12(15(18)19)4-7-14(10)16-9-11(2)17(3)13-5-6-13/h4,7-8,11,13,16H,5-6,9H2,1-3H3,(H,18,19). The lowest BCUT2D eigenvalue weighted by molar-refractivity contribution is 0.0697. The third-order valence-electron chi connectivity index (χ3n) is 3.88. The zero-order valence-electron chi connectivity index (χ0n) is 11.8. The number of nitrogens with one attached hydrogen (secondary N) is 1. The van der Waals surface area contributed by atoms with Crippen molar-refractivity contribution in [3.63, 3.8) is 0 Å². The van der Waals surface area contributed by atoms with E-state index in [0.29, 0.717) is 11.6 Å². The van der Waals surface area contributed by atoms with Gasteiger partial charge in [0.1, 0.15) is 0 Å². The van der Waals surface area contributed by atoms with Gasteiger partial charge in [-0.1, -0.05) is 0 Å². The van der Waals surface area contributed by atoms with Gasteiger partial charge in [0.15, 0.2) is 0 Å². The predicted molar refractivity (Wildman–Crippen MR) is 76.9 cm³/mol. The lowest BCUT2D eigenvalue weighted by Gasteiger charge is -2.25. The van der Waals surface area contributed by atoms with Gasteiger partial charge < -0.3 is 10.4 Å². The smallest absolute Gasteiger partial charge is 0.335 e. The molecule has 0 heterocycles. The highest BCUT2D eigenvalue weighted by Crippen LogP contribution is 2.27. The fourth-order valence-corrected chi connectivity index (χ4v) is 2.24. The van der Waals surface area contributed by atoms with Crippen LogP contribution in [0.2, 0.25) is 0 Å². The third kappa shape index (κ3) is 3.47. The Morgan fingerprint density at radius 3 is 2.74 bits per heavy atom. The number of anilines is 1. The maximum atomic E-state index is 10.9. The molecule has 0 aliphatic heterocycles. The minimum atomic E-state index is -0.878. The molecule has 0 saturated heterocycles. The molecule has 0 bridgehead atoms. The number of likely N-dealkylation sites (N-methyl/N-ethyl adjacent to an activating group) is 1. The van der Waals surface area contributed by atoms with E-state index in [2.05, 4.69) is 24.2 Å². The zero-order chi connectivity index (χ0) is 14.0. The Morgan fingerprint density at radius 1 is 1.53 bits per heavy atom. The zero-order valence-corrected chi connectivity index (χ0v) is 11.8. The summed E-state index contributed by atoms with van der Waals surface area (Å²) in [7, 11) is 2.17. The highest BCUT2D eigenvalue weighted by Gasteiger charge is 2.28. The van der Waals surface area contributed by atoms with Crippen LogP contribution in [0.4, 0.5) is 5.69 Å². The minimum absolute atomic E-state index is 0.339. The van der Waals surface area contributed by atoms with Crippen LogP contribution in [-0.2, 0) is 0 Å². The average Bonchev–Trinajstić information content (AvgIpc) is 3.20. The van der Waals surface area contributed by atoms with Gasteiger partial charge in [0.25, 0.3) is 0 Å². The lowest BCUT2D eigenvalue weighted by Crippen LogP contribution is -2.36. The molecule has 1 aromatic rings. The summed E-state index contributed by atoms with van der Waals surface area (Å²) in [6.07, 6.45) is 2.63.